The Labute approximate surface area is 233 Å². The lowest BCUT2D eigenvalue weighted by molar-refractivity contribution is -0.153. The highest BCUT2D eigenvalue weighted by atomic mass is 32.1. The molecule has 7 nitrogen and oxygen atoms in total. The lowest BCUT2D eigenvalue weighted by Gasteiger charge is -2.51. The van der Waals surface area contributed by atoms with E-state index >= 15 is 0 Å². The summed E-state index contributed by atoms with van der Waals surface area (Å²) >= 11 is 1.61. The van der Waals surface area contributed by atoms with Gasteiger partial charge in [0.1, 0.15) is 12.4 Å². The topological polar surface area (TPSA) is 83.0 Å². The van der Waals surface area contributed by atoms with Crippen molar-refractivity contribution in [1.82, 2.24) is 9.88 Å². The van der Waals surface area contributed by atoms with Gasteiger partial charge in [-0.3, -0.25) is 9.59 Å². The van der Waals surface area contributed by atoms with Crippen molar-refractivity contribution in [2.75, 3.05) is 31.1 Å². The monoisotopic (exact) mass is 545 g/mol. The molecule has 0 radical (unpaired) electrons. The van der Waals surface area contributed by atoms with Crippen LogP contribution >= 0.6 is 11.3 Å². The number of aryl methyl sites for hydroxylation is 2. The van der Waals surface area contributed by atoms with Gasteiger partial charge in [0.2, 0.25) is 0 Å². The molecular weight excluding hydrogens is 510 g/mol. The summed E-state index contributed by atoms with van der Waals surface area (Å²) in [5.41, 5.74) is 5.81. The Morgan fingerprint density at radius 1 is 1.05 bits per heavy atom. The molecule has 0 spiro atoms. The molecule has 1 amide bonds. The summed E-state index contributed by atoms with van der Waals surface area (Å²) < 4.78 is 6.34. The number of fused-ring (bicyclic) bond motifs is 2. The molecule has 1 N–H and O–H groups in total. The van der Waals surface area contributed by atoms with Crippen molar-refractivity contribution < 1.29 is 19.4 Å². The van der Waals surface area contributed by atoms with Gasteiger partial charge in [-0.2, -0.15) is 0 Å². The van der Waals surface area contributed by atoms with Gasteiger partial charge in [-0.05, 0) is 86.8 Å². The summed E-state index contributed by atoms with van der Waals surface area (Å²) in [6.07, 6.45) is 4.38. The maximum Gasteiger partial charge on any atom is 0.307 e. The number of likely N-dealkylation sites (tertiary alicyclic amines) is 1. The molecule has 2 aromatic carbocycles. The van der Waals surface area contributed by atoms with Gasteiger partial charge in [0.25, 0.3) is 5.91 Å². The van der Waals surface area contributed by atoms with Crippen LogP contribution in [0.3, 0.4) is 0 Å². The summed E-state index contributed by atoms with van der Waals surface area (Å²) in [6.45, 7) is 7.71. The van der Waals surface area contributed by atoms with E-state index < -0.39 is 5.97 Å². The SMILES string of the molecule is Cc1ccc(OCc2ccc(C(=O)N3CCCCC3)cc2C)c(-c2csc(N3C[C@H]4C[C@@H](C3)C4C(=O)O)n2)c1. The van der Waals surface area contributed by atoms with E-state index in [9.17, 15) is 14.7 Å². The number of amides is 1. The van der Waals surface area contributed by atoms with E-state index in [1.807, 2.05) is 42.2 Å². The van der Waals surface area contributed by atoms with Crippen molar-refractivity contribution in [3.63, 3.8) is 0 Å². The van der Waals surface area contributed by atoms with Crippen LogP contribution in [0.15, 0.2) is 41.8 Å². The standard InChI is InChI=1S/C31H35N3O4S/c1-19-6-9-27(38-17-22-8-7-21(13-20(22)2)29(35)33-10-4-3-5-11-33)25(12-19)26-18-39-31(32-26)34-15-23-14-24(16-34)28(23)30(36)37/h6-9,12-13,18,23-24,28H,3-5,10-11,14-17H2,1-2H3,(H,36,37)/t23-,24+,28?. The van der Waals surface area contributed by atoms with Gasteiger partial charge in [0, 0.05) is 42.7 Å². The average molecular weight is 546 g/mol. The third kappa shape index (κ3) is 5.14. The zero-order valence-corrected chi connectivity index (χ0v) is 23.4. The molecule has 3 aliphatic heterocycles. The number of carbonyl (C=O) groups is 2. The van der Waals surface area contributed by atoms with Crippen LogP contribution in [0.5, 0.6) is 5.75 Å². The molecule has 4 heterocycles. The van der Waals surface area contributed by atoms with Crippen molar-refractivity contribution in [3.05, 3.63) is 64.0 Å². The largest absolute Gasteiger partial charge is 0.488 e. The highest BCUT2D eigenvalue weighted by Crippen LogP contribution is 2.47. The molecule has 3 aromatic rings. The van der Waals surface area contributed by atoms with Crippen molar-refractivity contribution in [2.24, 2.45) is 17.8 Å². The number of carboxylic acids is 1. The second kappa shape index (κ2) is 10.6. The fraction of sp³-hybridized carbons (Fsp3) is 0.452. The van der Waals surface area contributed by atoms with Crippen LogP contribution in [0, 0.1) is 31.6 Å². The zero-order valence-electron chi connectivity index (χ0n) is 22.6. The lowest BCUT2D eigenvalue weighted by atomic mass is 9.62. The Morgan fingerprint density at radius 3 is 2.54 bits per heavy atom. The lowest BCUT2D eigenvalue weighted by Crippen LogP contribution is -2.57. The van der Waals surface area contributed by atoms with E-state index in [1.54, 1.807) is 11.3 Å². The molecule has 1 unspecified atom stereocenters. The van der Waals surface area contributed by atoms with Crippen molar-refractivity contribution >= 4 is 28.3 Å². The number of hydrogen-bond acceptors (Lipinski definition) is 6. The Balaban J connectivity index is 1.15. The van der Waals surface area contributed by atoms with Crippen molar-refractivity contribution in [1.29, 1.82) is 0 Å². The first-order valence-electron chi connectivity index (χ1n) is 13.9. The molecule has 3 saturated heterocycles. The molecular formula is C31H35N3O4S. The second-order valence-electron chi connectivity index (χ2n) is 11.3. The number of carboxylic acid groups (broad SMARTS) is 1. The number of hydrogen-bond donors (Lipinski definition) is 1. The van der Waals surface area contributed by atoms with E-state index in [0.29, 0.717) is 6.61 Å². The summed E-state index contributed by atoms with van der Waals surface area (Å²) in [5, 5.41) is 12.5. The third-order valence-electron chi connectivity index (χ3n) is 8.61. The average Bonchev–Trinajstić information content (AvgIpc) is 3.43. The molecule has 3 atom stereocenters. The van der Waals surface area contributed by atoms with Crippen LogP contribution in [0.4, 0.5) is 5.13 Å². The molecule has 39 heavy (non-hydrogen) atoms. The number of rotatable bonds is 7. The number of carbonyl (C=O) groups excluding carboxylic acids is 1. The van der Waals surface area contributed by atoms with Gasteiger partial charge in [-0.15, -0.1) is 11.3 Å². The summed E-state index contributed by atoms with van der Waals surface area (Å²) in [7, 11) is 0. The van der Waals surface area contributed by atoms with Gasteiger partial charge in [0.05, 0.1) is 11.6 Å². The molecule has 4 fully saturated rings. The molecule has 2 bridgehead atoms. The first kappa shape index (κ1) is 25.9. The number of thiazole rings is 1. The molecule has 4 aliphatic rings. The molecule has 204 valence electrons. The summed E-state index contributed by atoms with van der Waals surface area (Å²) in [4.78, 5) is 33.6. The molecule has 1 aliphatic carbocycles. The second-order valence-corrected chi connectivity index (χ2v) is 12.2. The van der Waals surface area contributed by atoms with E-state index in [-0.39, 0.29) is 23.7 Å². The number of piperidine rings is 3. The Kier molecular flexibility index (Phi) is 7.06. The fourth-order valence-electron chi connectivity index (χ4n) is 6.38. The predicted molar refractivity (Wildman–Crippen MR) is 152 cm³/mol. The minimum Gasteiger partial charge on any atom is -0.488 e. The Bertz CT molecular complexity index is 1380. The number of nitrogens with zero attached hydrogens (tertiary/aromatic N) is 3. The third-order valence-corrected chi connectivity index (χ3v) is 9.51. The quantitative estimate of drug-likeness (QED) is 0.405. The van der Waals surface area contributed by atoms with E-state index in [2.05, 4.69) is 23.3 Å². The maximum atomic E-state index is 12.9. The van der Waals surface area contributed by atoms with Gasteiger partial charge in [-0.25, -0.2) is 4.98 Å². The normalized spacial score (nSPS) is 22.4. The first-order chi connectivity index (χ1) is 18.9. The Hall–Kier alpha value is -3.39. The van der Waals surface area contributed by atoms with E-state index in [4.69, 9.17) is 9.72 Å². The van der Waals surface area contributed by atoms with Crippen molar-refractivity contribution in [3.8, 4) is 17.0 Å². The van der Waals surface area contributed by atoms with Crippen LogP contribution in [0.1, 0.15) is 52.7 Å². The molecule has 1 aromatic heterocycles. The van der Waals surface area contributed by atoms with E-state index in [0.717, 1.165) is 89.8 Å². The van der Waals surface area contributed by atoms with Crippen LogP contribution in [0.25, 0.3) is 11.3 Å². The zero-order chi connectivity index (χ0) is 27.1. The summed E-state index contributed by atoms with van der Waals surface area (Å²) in [5.74, 6) is 0.480. The Morgan fingerprint density at radius 2 is 1.82 bits per heavy atom. The van der Waals surface area contributed by atoms with Crippen molar-refractivity contribution in [2.45, 2.75) is 46.1 Å². The fourth-order valence-corrected chi connectivity index (χ4v) is 7.22. The molecule has 8 heteroatoms. The number of benzene rings is 2. The van der Waals surface area contributed by atoms with Gasteiger partial charge < -0.3 is 19.6 Å². The number of aliphatic carboxylic acids is 1. The van der Waals surface area contributed by atoms with Gasteiger partial charge >= 0.3 is 5.97 Å². The summed E-state index contributed by atoms with van der Waals surface area (Å²) in [6, 6.07) is 12.1. The van der Waals surface area contributed by atoms with Crippen LogP contribution < -0.4 is 9.64 Å². The van der Waals surface area contributed by atoms with E-state index in [1.165, 1.54) is 6.42 Å². The van der Waals surface area contributed by atoms with Crippen LogP contribution in [0.2, 0.25) is 0 Å². The highest BCUT2D eigenvalue weighted by Gasteiger charge is 2.51. The smallest absolute Gasteiger partial charge is 0.307 e. The number of ether oxygens (including phenoxy) is 1. The highest BCUT2D eigenvalue weighted by molar-refractivity contribution is 7.14. The van der Waals surface area contributed by atoms with Gasteiger partial charge in [-0.1, -0.05) is 17.7 Å². The first-order valence-corrected chi connectivity index (χ1v) is 14.8. The molecule has 7 rings (SSSR count). The van der Waals surface area contributed by atoms with Crippen LogP contribution in [-0.4, -0.2) is 53.0 Å². The minimum absolute atomic E-state index is 0.120. The molecule has 1 saturated carbocycles. The van der Waals surface area contributed by atoms with Gasteiger partial charge in [0.15, 0.2) is 5.13 Å². The minimum atomic E-state index is -0.657. The van der Waals surface area contributed by atoms with Crippen LogP contribution in [-0.2, 0) is 11.4 Å². The maximum absolute atomic E-state index is 12.9. The number of anilines is 1. The predicted octanol–water partition coefficient (Wildman–Crippen LogP) is 5.79. The number of aromatic nitrogens is 1.